The van der Waals surface area contributed by atoms with Crippen molar-refractivity contribution in [2.75, 3.05) is 4.72 Å². The Labute approximate surface area is 128 Å². The summed E-state index contributed by atoms with van der Waals surface area (Å²) in [5, 5.41) is 10.3. The molecule has 0 unspecified atom stereocenters. The van der Waals surface area contributed by atoms with Crippen molar-refractivity contribution >= 4 is 44.7 Å². The second-order valence-electron chi connectivity index (χ2n) is 3.70. The number of nitrogens with one attached hydrogen (secondary N) is 1. The first-order valence-corrected chi connectivity index (χ1v) is 7.49. The molecule has 0 aliphatic carbocycles. The zero-order chi connectivity index (χ0) is 15.6. The molecule has 0 atom stereocenters. The van der Waals surface area contributed by atoms with Gasteiger partial charge in [0, 0.05) is 18.2 Å². The number of nitro benzene ring substituents is 1. The highest BCUT2D eigenvalue weighted by Gasteiger charge is 2.17. The first-order valence-electron chi connectivity index (χ1n) is 5.25. The maximum Gasteiger partial charge on any atom is 0.269 e. The molecule has 110 valence electrons. The number of anilines is 1. The predicted molar refractivity (Wildman–Crippen MR) is 76.0 cm³/mol. The van der Waals surface area contributed by atoms with Crippen molar-refractivity contribution in [1.29, 1.82) is 0 Å². The molecule has 0 saturated heterocycles. The lowest BCUT2D eigenvalue weighted by atomic mass is 10.3. The van der Waals surface area contributed by atoms with Crippen LogP contribution in [-0.4, -0.2) is 23.3 Å². The summed E-state index contributed by atoms with van der Waals surface area (Å²) in [6, 6.07) is 5.54. The summed E-state index contributed by atoms with van der Waals surface area (Å²) in [6.07, 6.45) is 0. The Morgan fingerprint density at radius 3 is 2.29 bits per heavy atom. The molecule has 8 nitrogen and oxygen atoms in total. The normalized spacial score (nSPS) is 11.1. The number of non-ortho nitro benzene ring substituents is 1. The topological polar surface area (TPSA) is 115 Å². The van der Waals surface area contributed by atoms with E-state index < -0.39 is 14.9 Å². The highest BCUT2D eigenvalue weighted by molar-refractivity contribution is 7.92. The van der Waals surface area contributed by atoms with Crippen molar-refractivity contribution in [2.24, 2.45) is 0 Å². The summed E-state index contributed by atoms with van der Waals surface area (Å²) in [6.45, 7) is 0. The Morgan fingerprint density at radius 2 is 1.76 bits per heavy atom. The molecule has 2 rings (SSSR count). The minimum atomic E-state index is -3.97. The van der Waals surface area contributed by atoms with Crippen molar-refractivity contribution in [3.05, 3.63) is 50.9 Å². The third-order valence-corrected chi connectivity index (χ3v) is 4.00. The summed E-state index contributed by atoms with van der Waals surface area (Å²) in [5.41, 5.74) is -0.220. The van der Waals surface area contributed by atoms with Gasteiger partial charge in [0.2, 0.25) is 5.28 Å². The van der Waals surface area contributed by atoms with Gasteiger partial charge in [0.1, 0.15) is 11.0 Å². The molecule has 0 bridgehead atoms. The van der Waals surface area contributed by atoms with Crippen molar-refractivity contribution in [1.82, 2.24) is 9.97 Å². The van der Waals surface area contributed by atoms with Crippen molar-refractivity contribution in [2.45, 2.75) is 4.90 Å². The van der Waals surface area contributed by atoms with Crippen LogP contribution in [0.15, 0.2) is 35.2 Å². The molecule has 0 aliphatic heterocycles. The van der Waals surface area contributed by atoms with Crippen LogP contribution in [-0.2, 0) is 10.0 Å². The molecule has 1 aromatic carbocycles. The molecule has 0 amide bonds. The minimum absolute atomic E-state index is 0.0311. The van der Waals surface area contributed by atoms with Gasteiger partial charge in [-0.3, -0.25) is 14.8 Å². The number of hydrogen-bond donors (Lipinski definition) is 1. The molecule has 0 spiro atoms. The van der Waals surface area contributed by atoms with Crippen LogP contribution >= 0.6 is 23.2 Å². The van der Waals surface area contributed by atoms with Crippen LogP contribution in [0.25, 0.3) is 0 Å². The Kier molecular flexibility index (Phi) is 4.26. The van der Waals surface area contributed by atoms with Gasteiger partial charge in [-0.05, 0) is 23.7 Å². The van der Waals surface area contributed by atoms with E-state index in [2.05, 4.69) is 14.7 Å². The maximum absolute atomic E-state index is 12.1. The summed E-state index contributed by atoms with van der Waals surface area (Å²) in [5.74, 6) is -0.113. The standard InChI is InChI=1S/C10H6Cl2N4O4S/c11-8-5-9(14-10(12)13-8)15-21(19,20)7-3-1-6(2-4-7)16(17)18/h1-5H,(H,13,14,15). The van der Waals surface area contributed by atoms with Crippen molar-refractivity contribution in [3.63, 3.8) is 0 Å². The molecule has 0 aliphatic rings. The van der Waals surface area contributed by atoms with Gasteiger partial charge in [-0.25, -0.2) is 13.4 Å². The minimum Gasteiger partial charge on any atom is -0.263 e. The molecule has 1 N–H and O–H groups in total. The van der Waals surface area contributed by atoms with Gasteiger partial charge in [0.05, 0.1) is 9.82 Å². The largest absolute Gasteiger partial charge is 0.269 e. The summed E-state index contributed by atoms with van der Waals surface area (Å²) < 4.78 is 26.3. The maximum atomic E-state index is 12.1. The van der Waals surface area contributed by atoms with Crippen LogP contribution in [0.1, 0.15) is 0 Å². The highest BCUT2D eigenvalue weighted by Crippen LogP contribution is 2.20. The fraction of sp³-hybridized carbons (Fsp3) is 0. The van der Waals surface area contributed by atoms with E-state index in [9.17, 15) is 18.5 Å². The second kappa shape index (κ2) is 5.80. The first-order chi connectivity index (χ1) is 9.78. The number of halogens is 2. The highest BCUT2D eigenvalue weighted by atomic mass is 35.5. The third-order valence-electron chi connectivity index (χ3n) is 2.26. The quantitative estimate of drug-likeness (QED) is 0.392. The van der Waals surface area contributed by atoms with Gasteiger partial charge in [0.15, 0.2) is 0 Å². The number of rotatable bonds is 4. The average Bonchev–Trinajstić information content (AvgIpc) is 2.37. The van der Waals surface area contributed by atoms with Gasteiger partial charge in [-0.2, -0.15) is 4.98 Å². The second-order valence-corrected chi connectivity index (χ2v) is 6.11. The van der Waals surface area contributed by atoms with E-state index in [1.165, 1.54) is 6.07 Å². The zero-order valence-corrected chi connectivity index (χ0v) is 12.4. The van der Waals surface area contributed by atoms with Crippen molar-refractivity contribution < 1.29 is 13.3 Å². The molecule has 21 heavy (non-hydrogen) atoms. The lowest BCUT2D eigenvalue weighted by Crippen LogP contribution is -2.14. The lowest BCUT2D eigenvalue weighted by molar-refractivity contribution is -0.384. The van der Waals surface area contributed by atoms with Crippen LogP contribution in [0.5, 0.6) is 0 Å². The van der Waals surface area contributed by atoms with E-state index in [0.717, 1.165) is 24.3 Å². The Morgan fingerprint density at radius 1 is 1.14 bits per heavy atom. The lowest BCUT2D eigenvalue weighted by Gasteiger charge is -2.07. The van der Waals surface area contributed by atoms with Gasteiger partial charge in [-0.15, -0.1) is 0 Å². The van der Waals surface area contributed by atoms with E-state index in [-0.39, 0.29) is 26.8 Å². The number of benzene rings is 1. The average molecular weight is 349 g/mol. The number of aromatic nitrogens is 2. The molecule has 1 heterocycles. The van der Waals surface area contributed by atoms with Gasteiger partial charge < -0.3 is 0 Å². The van der Waals surface area contributed by atoms with Gasteiger partial charge in [-0.1, -0.05) is 11.6 Å². The third kappa shape index (κ3) is 3.78. The number of nitro groups is 1. The van der Waals surface area contributed by atoms with Crippen LogP contribution < -0.4 is 4.72 Å². The molecular formula is C10H6Cl2N4O4S. The molecule has 2 aromatic rings. The number of nitrogens with zero attached hydrogens (tertiary/aromatic N) is 3. The molecule has 0 saturated carbocycles. The van der Waals surface area contributed by atoms with E-state index in [4.69, 9.17) is 23.2 Å². The first kappa shape index (κ1) is 15.4. The molecule has 1 aromatic heterocycles. The fourth-order valence-electron chi connectivity index (χ4n) is 1.39. The number of sulfonamides is 1. The van der Waals surface area contributed by atoms with E-state index in [1.807, 2.05) is 0 Å². The Bertz CT molecular complexity index is 775. The predicted octanol–water partition coefficient (Wildman–Crippen LogP) is 2.49. The summed E-state index contributed by atoms with van der Waals surface area (Å²) >= 11 is 11.2. The van der Waals surface area contributed by atoms with E-state index >= 15 is 0 Å². The smallest absolute Gasteiger partial charge is 0.263 e. The monoisotopic (exact) mass is 348 g/mol. The zero-order valence-electron chi connectivity index (χ0n) is 10.0. The van der Waals surface area contributed by atoms with Gasteiger partial charge >= 0.3 is 0 Å². The van der Waals surface area contributed by atoms with Gasteiger partial charge in [0.25, 0.3) is 15.7 Å². The summed E-state index contributed by atoms with van der Waals surface area (Å²) in [4.78, 5) is 17.0. The molecule has 0 radical (unpaired) electrons. The van der Waals surface area contributed by atoms with Crippen LogP contribution in [0.3, 0.4) is 0 Å². The van der Waals surface area contributed by atoms with Crippen LogP contribution in [0.4, 0.5) is 11.5 Å². The molecule has 0 fully saturated rings. The Hall–Kier alpha value is -1.97. The summed E-state index contributed by atoms with van der Waals surface area (Å²) in [7, 11) is -3.97. The number of hydrogen-bond acceptors (Lipinski definition) is 6. The van der Waals surface area contributed by atoms with Crippen LogP contribution in [0, 0.1) is 10.1 Å². The van der Waals surface area contributed by atoms with Crippen molar-refractivity contribution in [3.8, 4) is 0 Å². The fourth-order valence-corrected chi connectivity index (χ4v) is 2.79. The van der Waals surface area contributed by atoms with E-state index in [0.29, 0.717) is 0 Å². The SMILES string of the molecule is O=[N+]([O-])c1ccc(S(=O)(=O)Nc2cc(Cl)nc(Cl)n2)cc1. The van der Waals surface area contributed by atoms with Crippen LogP contribution in [0.2, 0.25) is 10.4 Å². The Balaban J connectivity index is 2.31. The molecular weight excluding hydrogens is 343 g/mol. The molecule has 11 heteroatoms. The van der Waals surface area contributed by atoms with E-state index in [1.54, 1.807) is 0 Å².